The molecule has 0 atom stereocenters. The summed E-state index contributed by atoms with van der Waals surface area (Å²) in [6.45, 7) is 9.10. The molecule has 1 aromatic rings. The normalized spacial score (nSPS) is 11.8. The summed E-state index contributed by atoms with van der Waals surface area (Å²) in [6.07, 6.45) is 0. The number of hydrogen-bond acceptors (Lipinski definition) is 3. The van der Waals surface area contributed by atoms with Crippen LogP contribution in [0.15, 0.2) is 34.2 Å². The number of rotatable bonds is 7. The number of thioether (sulfide) groups is 1. The van der Waals surface area contributed by atoms with Gasteiger partial charge in [-0.2, -0.15) is 0 Å². The van der Waals surface area contributed by atoms with E-state index in [9.17, 15) is 0 Å². The first kappa shape index (κ1) is 22.8. The predicted molar refractivity (Wildman–Crippen MR) is 115 cm³/mol. The standard InChI is InChI=1S/C16H27ClN4S.HI/c1-16(2,3)21-10-9-19-15(18-4)20-11-12-22-14-7-5-13(17)6-8-14;/h5-8,21H,9-12H2,1-4H3,(H2,18,19,20);1H. The third-order valence-electron chi connectivity index (χ3n) is 2.77. The van der Waals surface area contributed by atoms with E-state index in [1.807, 2.05) is 24.3 Å². The zero-order valence-electron chi connectivity index (χ0n) is 14.3. The maximum absolute atomic E-state index is 5.87. The van der Waals surface area contributed by atoms with Crippen molar-refractivity contribution in [2.45, 2.75) is 31.2 Å². The summed E-state index contributed by atoms with van der Waals surface area (Å²) in [5.74, 6) is 1.81. The molecule has 1 rings (SSSR count). The van der Waals surface area contributed by atoms with Crippen molar-refractivity contribution in [1.82, 2.24) is 16.0 Å². The molecule has 7 heteroatoms. The number of hydrogen-bond donors (Lipinski definition) is 3. The number of guanidine groups is 1. The smallest absolute Gasteiger partial charge is 0.191 e. The largest absolute Gasteiger partial charge is 0.356 e. The van der Waals surface area contributed by atoms with Crippen LogP contribution >= 0.6 is 47.3 Å². The predicted octanol–water partition coefficient (Wildman–Crippen LogP) is 3.60. The van der Waals surface area contributed by atoms with Crippen molar-refractivity contribution in [2.24, 2.45) is 4.99 Å². The molecule has 0 amide bonds. The van der Waals surface area contributed by atoms with Crippen LogP contribution in [-0.2, 0) is 0 Å². The van der Waals surface area contributed by atoms with Crippen LogP contribution in [0.2, 0.25) is 5.02 Å². The molecule has 0 aliphatic carbocycles. The fourth-order valence-corrected chi connectivity index (χ4v) is 2.60. The minimum Gasteiger partial charge on any atom is -0.356 e. The van der Waals surface area contributed by atoms with Crippen LogP contribution in [0.4, 0.5) is 0 Å². The summed E-state index contributed by atoms with van der Waals surface area (Å²) < 4.78 is 0. The Hall–Kier alpha value is -0.180. The van der Waals surface area contributed by atoms with Gasteiger partial charge in [-0.05, 0) is 45.0 Å². The van der Waals surface area contributed by atoms with Crippen molar-refractivity contribution in [2.75, 3.05) is 32.4 Å². The third-order valence-corrected chi connectivity index (χ3v) is 4.04. The Morgan fingerprint density at radius 1 is 1.09 bits per heavy atom. The molecule has 23 heavy (non-hydrogen) atoms. The minimum atomic E-state index is 0. The summed E-state index contributed by atoms with van der Waals surface area (Å²) in [5.41, 5.74) is 0.147. The molecular formula is C16H28ClIN4S. The molecule has 0 bridgehead atoms. The highest BCUT2D eigenvalue weighted by molar-refractivity contribution is 14.0. The first-order valence-corrected chi connectivity index (χ1v) is 8.85. The van der Waals surface area contributed by atoms with Gasteiger partial charge in [0.1, 0.15) is 0 Å². The van der Waals surface area contributed by atoms with Gasteiger partial charge in [0, 0.05) is 47.9 Å². The highest BCUT2D eigenvalue weighted by atomic mass is 127. The average molecular weight is 471 g/mol. The number of nitrogens with zero attached hydrogens (tertiary/aromatic N) is 1. The van der Waals surface area contributed by atoms with Crippen LogP contribution in [0.5, 0.6) is 0 Å². The Kier molecular flexibility index (Phi) is 12.1. The molecule has 0 heterocycles. The topological polar surface area (TPSA) is 48.5 Å². The fraction of sp³-hybridized carbons (Fsp3) is 0.562. The molecule has 0 saturated heterocycles. The summed E-state index contributed by atoms with van der Waals surface area (Å²) in [5, 5.41) is 10.8. The molecular weight excluding hydrogens is 443 g/mol. The van der Waals surface area contributed by atoms with E-state index < -0.39 is 0 Å². The number of aliphatic imine (C=N–C) groups is 1. The molecule has 0 radical (unpaired) electrons. The lowest BCUT2D eigenvalue weighted by Gasteiger charge is -2.21. The molecule has 132 valence electrons. The number of halogens is 2. The molecule has 0 aliphatic heterocycles. The van der Waals surface area contributed by atoms with E-state index in [-0.39, 0.29) is 29.5 Å². The molecule has 0 unspecified atom stereocenters. The van der Waals surface area contributed by atoms with E-state index >= 15 is 0 Å². The summed E-state index contributed by atoms with van der Waals surface area (Å²) >= 11 is 7.67. The van der Waals surface area contributed by atoms with Crippen LogP contribution < -0.4 is 16.0 Å². The van der Waals surface area contributed by atoms with Crippen LogP contribution in [0.1, 0.15) is 20.8 Å². The zero-order valence-corrected chi connectivity index (χ0v) is 18.2. The monoisotopic (exact) mass is 470 g/mol. The van der Waals surface area contributed by atoms with Gasteiger partial charge in [0.05, 0.1) is 0 Å². The maximum Gasteiger partial charge on any atom is 0.191 e. The minimum absolute atomic E-state index is 0. The van der Waals surface area contributed by atoms with Gasteiger partial charge < -0.3 is 16.0 Å². The van der Waals surface area contributed by atoms with Crippen molar-refractivity contribution in [3.8, 4) is 0 Å². The van der Waals surface area contributed by atoms with Gasteiger partial charge in [-0.3, -0.25) is 4.99 Å². The Labute approximate surface area is 166 Å². The van der Waals surface area contributed by atoms with Gasteiger partial charge in [-0.15, -0.1) is 35.7 Å². The Morgan fingerprint density at radius 3 is 2.26 bits per heavy atom. The molecule has 0 spiro atoms. The van der Waals surface area contributed by atoms with Crippen molar-refractivity contribution < 1.29 is 0 Å². The third kappa shape index (κ3) is 11.9. The van der Waals surface area contributed by atoms with Crippen molar-refractivity contribution in [3.05, 3.63) is 29.3 Å². The lowest BCUT2D eigenvalue weighted by atomic mass is 10.1. The molecule has 3 N–H and O–H groups in total. The first-order chi connectivity index (χ1) is 10.4. The second kappa shape index (κ2) is 12.2. The molecule has 0 aromatic heterocycles. The van der Waals surface area contributed by atoms with Crippen LogP contribution in [0, 0.1) is 0 Å². The van der Waals surface area contributed by atoms with Gasteiger partial charge in [-0.25, -0.2) is 0 Å². The Balaban J connectivity index is 0.00000484. The maximum atomic E-state index is 5.87. The summed E-state index contributed by atoms with van der Waals surface area (Å²) in [6, 6.07) is 7.91. The highest BCUT2D eigenvalue weighted by Crippen LogP contribution is 2.19. The van der Waals surface area contributed by atoms with Gasteiger partial charge >= 0.3 is 0 Å². The van der Waals surface area contributed by atoms with Gasteiger partial charge in [0.25, 0.3) is 0 Å². The summed E-state index contributed by atoms with van der Waals surface area (Å²) in [7, 11) is 1.79. The highest BCUT2D eigenvalue weighted by Gasteiger charge is 2.07. The van der Waals surface area contributed by atoms with E-state index in [0.717, 1.165) is 36.4 Å². The van der Waals surface area contributed by atoms with Crippen LogP contribution in [0.3, 0.4) is 0 Å². The second-order valence-corrected chi connectivity index (χ2v) is 7.51. The molecule has 0 saturated carbocycles. The van der Waals surface area contributed by atoms with E-state index in [4.69, 9.17) is 11.6 Å². The van der Waals surface area contributed by atoms with Crippen LogP contribution in [0.25, 0.3) is 0 Å². The van der Waals surface area contributed by atoms with E-state index in [1.165, 1.54) is 4.90 Å². The quantitative estimate of drug-likeness (QED) is 0.187. The van der Waals surface area contributed by atoms with Gasteiger partial charge in [-0.1, -0.05) is 11.6 Å². The SMILES string of the molecule is CN=C(NCCNC(C)(C)C)NCCSc1ccc(Cl)cc1.I. The first-order valence-electron chi connectivity index (χ1n) is 7.48. The Morgan fingerprint density at radius 2 is 1.70 bits per heavy atom. The number of benzene rings is 1. The number of nitrogens with one attached hydrogen (secondary N) is 3. The van der Waals surface area contributed by atoms with Gasteiger partial charge in [0.15, 0.2) is 5.96 Å². The average Bonchev–Trinajstić information content (AvgIpc) is 2.46. The lowest BCUT2D eigenvalue weighted by molar-refractivity contribution is 0.428. The second-order valence-electron chi connectivity index (χ2n) is 5.90. The zero-order chi connectivity index (χ0) is 16.4. The van der Waals surface area contributed by atoms with Crippen molar-refractivity contribution in [1.29, 1.82) is 0 Å². The van der Waals surface area contributed by atoms with E-state index in [2.05, 4.69) is 41.7 Å². The molecule has 1 aromatic carbocycles. The van der Waals surface area contributed by atoms with Crippen LogP contribution in [-0.4, -0.2) is 43.9 Å². The van der Waals surface area contributed by atoms with E-state index in [0.29, 0.717) is 0 Å². The van der Waals surface area contributed by atoms with Crippen molar-refractivity contribution >= 4 is 53.3 Å². The molecule has 0 fully saturated rings. The molecule has 4 nitrogen and oxygen atoms in total. The Bertz CT molecular complexity index is 460. The fourth-order valence-electron chi connectivity index (χ4n) is 1.71. The van der Waals surface area contributed by atoms with E-state index in [1.54, 1.807) is 18.8 Å². The summed E-state index contributed by atoms with van der Waals surface area (Å²) in [4.78, 5) is 5.44. The molecule has 0 aliphatic rings. The lowest BCUT2D eigenvalue weighted by Crippen LogP contribution is -2.44. The van der Waals surface area contributed by atoms with Gasteiger partial charge in [0.2, 0.25) is 0 Å². The van der Waals surface area contributed by atoms with Crippen molar-refractivity contribution in [3.63, 3.8) is 0 Å².